The van der Waals surface area contributed by atoms with E-state index in [1.165, 1.54) is 0 Å². The third-order valence-electron chi connectivity index (χ3n) is 4.26. The number of aromatic nitrogens is 2. The van der Waals surface area contributed by atoms with Crippen molar-refractivity contribution in [3.8, 4) is 0 Å². The first-order chi connectivity index (χ1) is 11.6. The van der Waals surface area contributed by atoms with Gasteiger partial charge in [-0.2, -0.15) is 5.10 Å². The van der Waals surface area contributed by atoms with Crippen molar-refractivity contribution in [1.82, 2.24) is 9.78 Å². The van der Waals surface area contributed by atoms with Gasteiger partial charge in [-0.15, -0.1) is 0 Å². The summed E-state index contributed by atoms with van der Waals surface area (Å²) in [5.41, 5.74) is 1.15. The van der Waals surface area contributed by atoms with Crippen LogP contribution in [-0.2, 0) is 4.79 Å². The highest BCUT2D eigenvalue weighted by Gasteiger charge is 2.29. The van der Waals surface area contributed by atoms with Gasteiger partial charge in [-0.25, -0.2) is 4.68 Å². The third kappa shape index (κ3) is 3.64. The molecule has 3 rings (SSSR count). The Kier molecular flexibility index (Phi) is 4.64. The largest absolute Gasteiger partial charge is 0.326 e. The Morgan fingerprint density at radius 3 is 2.79 bits per heavy atom. The predicted octanol–water partition coefficient (Wildman–Crippen LogP) is 3.45. The Hall–Kier alpha value is -2.63. The minimum Gasteiger partial charge on any atom is -0.326 e. The predicted molar refractivity (Wildman–Crippen MR) is 93.0 cm³/mol. The van der Waals surface area contributed by atoms with Crippen LogP contribution in [0.3, 0.4) is 0 Å². The van der Waals surface area contributed by atoms with E-state index in [1.54, 1.807) is 41.2 Å². The molecule has 6 nitrogen and oxygen atoms in total. The normalized spacial score (nSPS) is 14.9. The average molecular weight is 326 g/mol. The molecule has 1 aliphatic carbocycles. The molecule has 126 valence electrons. The van der Waals surface area contributed by atoms with Crippen molar-refractivity contribution in [2.24, 2.45) is 5.92 Å². The molecule has 2 N–H and O–H groups in total. The van der Waals surface area contributed by atoms with E-state index < -0.39 is 0 Å². The van der Waals surface area contributed by atoms with Crippen molar-refractivity contribution >= 4 is 23.3 Å². The van der Waals surface area contributed by atoms with E-state index in [0.717, 1.165) is 19.3 Å². The van der Waals surface area contributed by atoms with E-state index in [-0.39, 0.29) is 23.8 Å². The molecule has 0 saturated heterocycles. The maximum absolute atomic E-state index is 12.5. The van der Waals surface area contributed by atoms with E-state index in [4.69, 9.17) is 0 Å². The van der Waals surface area contributed by atoms with Gasteiger partial charge in [0.25, 0.3) is 5.91 Å². The fourth-order valence-electron chi connectivity index (χ4n) is 2.45. The van der Waals surface area contributed by atoms with E-state index in [9.17, 15) is 9.59 Å². The molecule has 24 heavy (non-hydrogen) atoms. The molecule has 0 spiro atoms. The lowest BCUT2D eigenvalue weighted by molar-refractivity contribution is -0.117. The summed E-state index contributed by atoms with van der Waals surface area (Å²) in [5.74, 6) is 0.610. The Morgan fingerprint density at radius 1 is 1.29 bits per heavy atom. The second-order valence-electron chi connectivity index (χ2n) is 6.22. The molecule has 1 atom stereocenters. The number of carbonyl (C=O) groups excluding carboxylic acids is 2. The number of hydrogen-bond donors (Lipinski definition) is 2. The average Bonchev–Trinajstić information content (AvgIpc) is 3.34. The van der Waals surface area contributed by atoms with Crippen LogP contribution in [0.5, 0.6) is 0 Å². The minimum atomic E-state index is -0.220. The third-order valence-corrected chi connectivity index (χ3v) is 4.26. The zero-order valence-electron chi connectivity index (χ0n) is 14.0. The van der Waals surface area contributed by atoms with Gasteiger partial charge < -0.3 is 10.6 Å². The molecule has 2 amide bonds. The molecule has 1 aliphatic rings. The Labute approximate surface area is 141 Å². The van der Waals surface area contributed by atoms with Gasteiger partial charge in [0.2, 0.25) is 5.91 Å². The van der Waals surface area contributed by atoms with Crippen LogP contribution in [0.2, 0.25) is 0 Å². The van der Waals surface area contributed by atoms with Gasteiger partial charge in [0.15, 0.2) is 0 Å². The van der Waals surface area contributed by atoms with Gasteiger partial charge in [-0.3, -0.25) is 9.59 Å². The number of anilines is 2. The SMILES string of the molecule is CC[C@@H](C)n1nccc1NC(=O)c1cccc(NC(=O)C2CC2)c1. The van der Waals surface area contributed by atoms with Gasteiger partial charge in [0.1, 0.15) is 5.82 Å². The van der Waals surface area contributed by atoms with Crippen LogP contribution in [0.15, 0.2) is 36.5 Å². The lowest BCUT2D eigenvalue weighted by Gasteiger charge is -2.14. The Morgan fingerprint density at radius 2 is 2.08 bits per heavy atom. The molecular formula is C18H22N4O2. The van der Waals surface area contributed by atoms with Crippen LogP contribution in [0.4, 0.5) is 11.5 Å². The summed E-state index contributed by atoms with van der Waals surface area (Å²) in [6.07, 6.45) is 4.50. The fourth-order valence-corrected chi connectivity index (χ4v) is 2.45. The number of carbonyl (C=O) groups is 2. The number of nitrogens with zero attached hydrogens (tertiary/aromatic N) is 2. The maximum Gasteiger partial charge on any atom is 0.256 e. The fraction of sp³-hybridized carbons (Fsp3) is 0.389. The van der Waals surface area contributed by atoms with Crippen molar-refractivity contribution in [1.29, 1.82) is 0 Å². The Balaban J connectivity index is 1.71. The highest BCUT2D eigenvalue weighted by molar-refractivity contribution is 6.05. The molecule has 0 bridgehead atoms. The van der Waals surface area contributed by atoms with E-state index in [1.807, 2.05) is 0 Å². The summed E-state index contributed by atoms with van der Waals surface area (Å²) < 4.78 is 1.80. The van der Waals surface area contributed by atoms with Crippen LogP contribution in [0.25, 0.3) is 0 Å². The second kappa shape index (κ2) is 6.86. The molecule has 1 fully saturated rings. The quantitative estimate of drug-likeness (QED) is 0.853. The number of rotatable bonds is 6. The number of hydrogen-bond acceptors (Lipinski definition) is 3. The summed E-state index contributed by atoms with van der Waals surface area (Å²) >= 11 is 0. The molecule has 1 heterocycles. The molecule has 0 unspecified atom stereocenters. The van der Waals surface area contributed by atoms with E-state index in [0.29, 0.717) is 17.1 Å². The van der Waals surface area contributed by atoms with E-state index >= 15 is 0 Å². The molecule has 1 aromatic heterocycles. The van der Waals surface area contributed by atoms with Crippen molar-refractivity contribution in [3.63, 3.8) is 0 Å². The number of amides is 2. The molecule has 2 aromatic rings. The first kappa shape index (κ1) is 16.2. The van der Waals surface area contributed by atoms with Gasteiger partial charge >= 0.3 is 0 Å². The highest BCUT2D eigenvalue weighted by Crippen LogP contribution is 2.30. The van der Waals surface area contributed by atoms with Crippen molar-refractivity contribution in [3.05, 3.63) is 42.1 Å². The molecular weight excluding hydrogens is 304 g/mol. The summed E-state index contributed by atoms with van der Waals surface area (Å²) in [7, 11) is 0. The number of nitrogens with one attached hydrogen (secondary N) is 2. The first-order valence-corrected chi connectivity index (χ1v) is 8.34. The van der Waals surface area contributed by atoms with Crippen LogP contribution in [-0.4, -0.2) is 21.6 Å². The highest BCUT2D eigenvalue weighted by atomic mass is 16.2. The summed E-state index contributed by atoms with van der Waals surface area (Å²) in [4.78, 5) is 24.3. The Bertz CT molecular complexity index is 749. The van der Waals surface area contributed by atoms with Crippen LogP contribution in [0, 0.1) is 5.92 Å². The summed E-state index contributed by atoms with van der Waals surface area (Å²) in [6.45, 7) is 4.13. The van der Waals surface area contributed by atoms with Crippen molar-refractivity contribution in [2.75, 3.05) is 10.6 Å². The minimum absolute atomic E-state index is 0.0300. The summed E-state index contributed by atoms with van der Waals surface area (Å²) in [6, 6.07) is 8.97. The van der Waals surface area contributed by atoms with Gasteiger partial charge in [0.05, 0.1) is 12.2 Å². The zero-order chi connectivity index (χ0) is 17.1. The monoisotopic (exact) mass is 326 g/mol. The van der Waals surface area contributed by atoms with Crippen LogP contribution >= 0.6 is 0 Å². The van der Waals surface area contributed by atoms with Crippen molar-refractivity contribution in [2.45, 2.75) is 39.2 Å². The van der Waals surface area contributed by atoms with Crippen molar-refractivity contribution < 1.29 is 9.59 Å². The van der Waals surface area contributed by atoms with Gasteiger partial charge in [0, 0.05) is 23.2 Å². The van der Waals surface area contributed by atoms with Gasteiger partial charge in [-0.1, -0.05) is 13.0 Å². The molecule has 6 heteroatoms. The molecule has 0 aliphatic heterocycles. The first-order valence-electron chi connectivity index (χ1n) is 8.34. The smallest absolute Gasteiger partial charge is 0.256 e. The maximum atomic E-state index is 12.5. The summed E-state index contributed by atoms with van der Waals surface area (Å²) in [5, 5.41) is 10.0. The van der Waals surface area contributed by atoms with Crippen LogP contribution in [0.1, 0.15) is 49.5 Å². The molecule has 1 saturated carbocycles. The van der Waals surface area contributed by atoms with Crippen LogP contribution < -0.4 is 10.6 Å². The second-order valence-corrected chi connectivity index (χ2v) is 6.22. The molecule has 0 radical (unpaired) electrons. The molecule has 1 aromatic carbocycles. The zero-order valence-corrected chi connectivity index (χ0v) is 14.0. The van der Waals surface area contributed by atoms with Gasteiger partial charge in [-0.05, 0) is 44.4 Å². The lowest BCUT2D eigenvalue weighted by atomic mass is 10.2. The topological polar surface area (TPSA) is 76.0 Å². The standard InChI is InChI=1S/C18H22N4O2/c1-3-12(2)22-16(9-10-19-22)21-18(24)14-5-4-6-15(11-14)20-17(23)13-7-8-13/h4-6,9-13H,3,7-8H2,1-2H3,(H,20,23)(H,21,24)/t12-/m1/s1. The lowest BCUT2D eigenvalue weighted by Crippen LogP contribution is -2.18. The number of benzene rings is 1. The van der Waals surface area contributed by atoms with E-state index in [2.05, 4.69) is 29.6 Å².